The Balaban J connectivity index is 0.000000212. The van der Waals surface area contributed by atoms with E-state index >= 15 is 0 Å². The van der Waals surface area contributed by atoms with Crippen molar-refractivity contribution in [2.45, 2.75) is 6.36 Å². The summed E-state index contributed by atoms with van der Waals surface area (Å²) in [7, 11) is 0. The Hall–Kier alpha value is -3.11. The number of aromatic nitrogens is 2. The van der Waals surface area contributed by atoms with E-state index in [1.165, 1.54) is 30.6 Å². The molecule has 0 unspecified atom stereocenters. The van der Waals surface area contributed by atoms with Crippen molar-refractivity contribution in [2.75, 3.05) is 13.2 Å². The molecule has 154 valence electrons. The summed E-state index contributed by atoms with van der Waals surface area (Å²) in [6.45, 7) is 0.209. The van der Waals surface area contributed by atoms with Gasteiger partial charge in [0.15, 0.2) is 6.33 Å². The molecule has 0 atom stereocenters. The first kappa shape index (κ1) is 22.2. The van der Waals surface area contributed by atoms with Gasteiger partial charge in [-0.05, 0) is 48.5 Å². The molecule has 0 fully saturated rings. The van der Waals surface area contributed by atoms with Crippen molar-refractivity contribution in [3.8, 4) is 17.2 Å². The highest BCUT2D eigenvalue weighted by atomic mass is 35.5. The largest absolute Gasteiger partial charge is 0.573 e. The maximum absolute atomic E-state index is 11.9. The Labute approximate surface area is 168 Å². The highest BCUT2D eigenvalue weighted by molar-refractivity contribution is 6.30. The fourth-order valence-corrected chi connectivity index (χ4v) is 2.10. The lowest BCUT2D eigenvalue weighted by Crippen LogP contribution is -2.26. The van der Waals surface area contributed by atoms with Gasteiger partial charge in [-0.1, -0.05) is 16.8 Å². The van der Waals surface area contributed by atoms with E-state index in [-0.39, 0.29) is 30.7 Å². The summed E-state index contributed by atoms with van der Waals surface area (Å²) < 4.78 is 44.0. The van der Waals surface area contributed by atoms with Gasteiger partial charge in [0.25, 0.3) is 11.8 Å². The van der Waals surface area contributed by atoms with Crippen LogP contribution in [0.25, 0.3) is 11.5 Å². The molecule has 11 heteroatoms. The Bertz CT molecular complexity index is 886. The zero-order chi connectivity index (χ0) is 21.3. The molecule has 2 aromatic carbocycles. The third-order valence-electron chi connectivity index (χ3n) is 3.20. The summed E-state index contributed by atoms with van der Waals surface area (Å²) in [6, 6.07) is 11.7. The predicted molar refractivity (Wildman–Crippen MR) is 97.3 cm³/mol. The molecule has 0 saturated heterocycles. The lowest BCUT2D eigenvalue weighted by Gasteiger charge is -2.08. The van der Waals surface area contributed by atoms with Gasteiger partial charge in [0.05, 0.1) is 6.61 Å². The SMILES string of the molecule is FC(F)(F)Oc1ccc(-c2ncno2)cc1.O=C(NCCO)c1ccc(Cl)cc1. The molecule has 7 nitrogen and oxygen atoms in total. The molecule has 2 N–H and O–H groups in total. The number of benzene rings is 2. The van der Waals surface area contributed by atoms with E-state index in [0.717, 1.165) is 0 Å². The van der Waals surface area contributed by atoms with E-state index in [0.29, 0.717) is 16.1 Å². The number of aliphatic hydroxyl groups is 1. The first-order valence-electron chi connectivity index (χ1n) is 8.06. The molecule has 0 aliphatic rings. The fraction of sp³-hybridized carbons (Fsp3) is 0.167. The quantitative estimate of drug-likeness (QED) is 0.642. The van der Waals surface area contributed by atoms with Crippen LogP contribution in [-0.2, 0) is 0 Å². The highest BCUT2D eigenvalue weighted by Crippen LogP contribution is 2.25. The first-order valence-corrected chi connectivity index (χ1v) is 8.44. The summed E-state index contributed by atoms with van der Waals surface area (Å²) in [6.07, 6.45) is -3.48. The number of alkyl halides is 3. The van der Waals surface area contributed by atoms with Gasteiger partial charge >= 0.3 is 6.36 Å². The number of hydrogen-bond donors (Lipinski definition) is 2. The van der Waals surface area contributed by atoms with Crippen molar-refractivity contribution in [1.29, 1.82) is 0 Å². The molecule has 0 aliphatic carbocycles. The average molecular weight is 430 g/mol. The molecule has 3 aromatic rings. The molecule has 1 heterocycles. The molecule has 0 spiro atoms. The first-order chi connectivity index (χ1) is 13.8. The second-order valence-corrected chi connectivity index (χ2v) is 5.74. The predicted octanol–water partition coefficient (Wildman–Crippen LogP) is 3.70. The minimum Gasteiger partial charge on any atom is -0.406 e. The van der Waals surface area contributed by atoms with Crippen molar-refractivity contribution in [3.63, 3.8) is 0 Å². The Kier molecular flexibility index (Phi) is 7.98. The number of ether oxygens (including phenoxy) is 1. The number of nitrogens with one attached hydrogen (secondary N) is 1. The molecule has 0 saturated carbocycles. The number of aliphatic hydroxyl groups excluding tert-OH is 1. The molecule has 1 aromatic heterocycles. The van der Waals surface area contributed by atoms with Crippen molar-refractivity contribution in [3.05, 3.63) is 65.4 Å². The molecule has 29 heavy (non-hydrogen) atoms. The van der Waals surface area contributed by atoms with Gasteiger partial charge in [-0.2, -0.15) is 4.98 Å². The highest BCUT2D eigenvalue weighted by Gasteiger charge is 2.31. The average Bonchev–Trinajstić information content (AvgIpc) is 3.21. The molecule has 0 radical (unpaired) electrons. The molecule has 3 rings (SSSR count). The van der Waals surface area contributed by atoms with E-state index in [2.05, 4.69) is 20.2 Å². The van der Waals surface area contributed by atoms with Crippen LogP contribution in [0, 0.1) is 0 Å². The smallest absolute Gasteiger partial charge is 0.406 e. The Morgan fingerprint density at radius 2 is 1.79 bits per heavy atom. The second-order valence-electron chi connectivity index (χ2n) is 5.30. The summed E-state index contributed by atoms with van der Waals surface area (Å²) in [5.74, 6) is -0.264. The third-order valence-corrected chi connectivity index (χ3v) is 3.45. The van der Waals surface area contributed by atoms with Gasteiger partial charge in [0, 0.05) is 22.7 Å². The zero-order valence-corrected chi connectivity index (χ0v) is 15.4. The van der Waals surface area contributed by atoms with Crippen LogP contribution in [0.3, 0.4) is 0 Å². The van der Waals surface area contributed by atoms with Crippen molar-refractivity contribution < 1.29 is 32.3 Å². The maximum atomic E-state index is 11.9. The van der Waals surface area contributed by atoms with Crippen molar-refractivity contribution in [2.24, 2.45) is 0 Å². The maximum Gasteiger partial charge on any atom is 0.573 e. The number of hydrogen-bond acceptors (Lipinski definition) is 6. The molecular formula is C18H15ClF3N3O4. The van der Waals surface area contributed by atoms with Crippen LogP contribution in [0.2, 0.25) is 5.02 Å². The van der Waals surface area contributed by atoms with Crippen LogP contribution < -0.4 is 10.1 Å². The van der Waals surface area contributed by atoms with E-state index in [9.17, 15) is 18.0 Å². The minimum absolute atomic E-state index is 0.0562. The number of halogens is 4. The number of rotatable bonds is 5. The fourth-order valence-electron chi connectivity index (χ4n) is 1.97. The number of carbonyl (C=O) groups is 1. The van der Waals surface area contributed by atoms with Crippen LogP contribution in [-0.4, -0.2) is 40.7 Å². The summed E-state index contributed by atoms with van der Waals surface area (Å²) in [4.78, 5) is 15.0. The van der Waals surface area contributed by atoms with E-state index < -0.39 is 6.36 Å². The monoisotopic (exact) mass is 429 g/mol. The minimum atomic E-state index is -4.69. The lowest BCUT2D eigenvalue weighted by atomic mass is 10.2. The second kappa shape index (κ2) is 10.4. The van der Waals surface area contributed by atoms with Crippen molar-refractivity contribution in [1.82, 2.24) is 15.5 Å². The van der Waals surface area contributed by atoms with Gasteiger partial charge in [-0.3, -0.25) is 4.79 Å². The lowest BCUT2D eigenvalue weighted by molar-refractivity contribution is -0.274. The normalized spacial score (nSPS) is 10.7. The third kappa shape index (κ3) is 7.80. The van der Waals surface area contributed by atoms with Gasteiger partial charge in [-0.25, -0.2) is 0 Å². The Morgan fingerprint density at radius 3 is 2.31 bits per heavy atom. The van der Waals surface area contributed by atoms with Crippen LogP contribution in [0.5, 0.6) is 5.75 Å². The molecular weight excluding hydrogens is 415 g/mol. The Morgan fingerprint density at radius 1 is 1.14 bits per heavy atom. The van der Waals surface area contributed by atoms with Gasteiger partial charge in [-0.15, -0.1) is 13.2 Å². The zero-order valence-electron chi connectivity index (χ0n) is 14.7. The summed E-state index contributed by atoms with van der Waals surface area (Å²) >= 11 is 5.65. The topological polar surface area (TPSA) is 97.5 Å². The molecule has 0 bridgehead atoms. The van der Waals surface area contributed by atoms with E-state index in [4.69, 9.17) is 21.2 Å². The molecule has 0 aliphatic heterocycles. The van der Waals surface area contributed by atoms with E-state index in [1.54, 1.807) is 24.3 Å². The summed E-state index contributed by atoms with van der Waals surface area (Å²) in [5.41, 5.74) is 1.06. The summed E-state index contributed by atoms with van der Waals surface area (Å²) in [5, 5.41) is 15.0. The number of amides is 1. The van der Waals surface area contributed by atoms with Crippen LogP contribution >= 0.6 is 11.6 Å². The van der Waals surface area contributed by atoms with Crippen LogP contribution in [0.15, 0.2) is 59.4 Å². The number of nitrogens with zero attached hydrogens (tertiary/aromatic N) is 2. The van der Waals surface area contributed by atoms with Crippen LogP contribution in [0.1, 0.15) is 10.4 Å². The van der Waals surface area contributed by atoms with Crippen LogP contribution in [0.4, 0.5) is 13.2 Å². The van der Waals surface area contributed by atoms with Gasteiger partial charge in [0.1, 0.15) is 5.75 Å². The van der Waals surface area contributed by atoms with Crippen molar-refractivity contribution >= 4 is 17.5 Å². The van der Waals surface area contributed by atoms with E-state index in [1.807, 2.05) is 0 Å². The van der Waals surface area contributed by atoms with Gasteiger partial charge < -0.3 is 19.7 Å². The molecule has 1 amide bonds. The standard InChI is InChI=1S/C9H10ClNO2.C9H5F3N2O2/c10-8-3-1-7(2-4-8)9(13)11-5-6-12;10-9(11,12)15-7-3-1-6(2-4-7)8-13-5-14-16-8/h1-4,12H,5-6H2,(H,11,13);1-5H. The van der Waals surface area contributed by atoms with Gasteiger partial charge in [0.2, 0.25) is 0 Å². The number of carbonyl (C=O) groups excluding carboxylic acids is 1.